The first-order valence-electron chi connectivity index (χ1n) is 6.76. The van der Waals surface area contributed by atoms with Crippen molar-refractivity contribution in [3.05, 3.63) is 58.0 Å². The van der Waals surface area contributed by atoms with E-state index in [-0.39, 0.29) is 5.43 Å². The van der Waals surface area contributed by atoms with Crippen molar-refractivity contribution in [3.63, 3.8) is 0 Å². The Morgan fingerprint density at radius 3 is 2.86 bits per heavy atom. The molecule has 0 fully saturated rings. The Bertz CT molecular complexity index is 717. The number of pyridine rings is 1. The first-order chi connectivity index (χ1) is 10.3. The van der Waals surface area contributed by atoms with E-state index in [0.29, 0.717) is 12.4 Å². The summed E-state index contributed by atoms with van der Waals surface area (Å²) in [7, 11) is 1.63. The van der Waals surface area contributed by atoms with Crippen LogP contribution in [-0.2, 0) is 13.2 Å². The summed E-state index contributed by atoms with van der Waals surface area (Å²) in [5.74, 6) is 1.16. The van der Waals surface area contributed by atoms with E-state index in [1.54, 1.807) is 25.6 Å². The predicted octanol–water partition coefficient (Wildman–Crippen LogP) is 1.87. The first kappa shape index (κ1) is 13.4. The van der Waals surface area contributed by atoms with Crippen LogP contribution in [0.5, 0.6) is 11.5 Å². The van der Waals surface area contributed by atoms with Crippen molar-refractivity contribution in [1.82, 2.24) is 4.57 Å². The minimum atomic E-state index is -0.122. The van der Waals surface area contributed by atoms with Crippen LogP contribution in [0.3, 0.4) is 0 Å². The molecule has 0 atom stereocenters. The van der Waals surface area contributed by atoms with Crippen LogP contribution < -0.4 is 14.9 Å². The van der Waals surface area contributed by atoms with Crippen LogP contribution in [0, 0.1) is 0 Å². The second-order valence-corrected chi connectivity index (χ2v) is 4.79. The van der Waals surface area contributed by atoms with Crippen LogP contribution in [0.1, 0.15) is 11.3 Å². The Kier molecular flexibility index (Phi) is 3.73. The number of aliphatic imine (C=N–C) groups is 1. The maximum absolute atomic E-state index is 12.0. The molecule has 5 nitrogen and oxygen atoms in total. The lowest BCUT2D eigenvalue weighted by Crippen LogP contribution is -2.19. The number of ether oxygens (including phenoxy) is 2. The van der Waals surface area contributed by atoms with Gasteiger partial charge in [-0.2, -0.15) is 0 Å². The molecule has 0 aliphatic carbocycles. The molecule has 0 unspecified atom stereocenters. The van der Waals surface area contributed by atoms with Gasteiger partial charge < -0.3 is 14.0 Å². The Balaban J connectivity index is 1.75. The third-order valence-electron chi connectivity index (χ3n) is 3.37. The van der Waals surface area contributed by atoms with Crippen molar-refractivity contribution in [2.75, 3.05) is 13.7 Å². The maximum Gasteiger partial charge on any atom is 0.224 e. The van der Waals surface area contributed by atoms with Gasteiger partial charge in [-0.25, -0.2) is 0 Å². The zero-order valence-corrected chi connectivity index (χ0v) is 11.8. The van der Waals surface area contributed by atoms with Crippen molar-refractivity contribution < 1.29 is 9.47 Å². The lowest BCUT2D eigenvalue weighted by Gasteiger charge is -2.15. The number of benzene rings is 1. The van der Waals surface area contributed by atoms with Gasteiger partial charge in [0.1, 0.15) is 12.4 Å². The monoisotopic (exact) mass is 284 g/mol. The second kappa shape index (κ2) is 5.83. The molecular weight excluding hydrogens is 268 g/mol. The fraction of sp³-hybridized carbons (Fsp3) is 0.250. The van der Waals surface area contributed by atoms with Gasteiger partial charge in [-0.05, 0) is 17.7 Å². The SMILES string of the molecule is COc1ccc(COc2cn3c(cc2=O)C=NCC3)cc1. The summed E-state index contributed by atoms with van der Waals surface area (Å²) in [5.41, 5.74) is 1.69. The van der Waals surface area contributed by atoms with E-state index in [2.05, 4.69) is 4.99 Å². The summed E-state index contributed by atoms with van der Waals surface area (Å²) in [6, 6.07) is 9.14. The van der Waals surface area contributed by atoms with Gasteiger partial charge in [-0.15, -0.1) is 0 Å². The van der Waals surface area contributed by atoms with E-state index < -0.39 is 0 Å². The molecule has 0 amide bonds. The van der Waals surface area contributed by atoms with Gasteiger partial charge in [0.25, 0.3) is 0 Å². The first-order valence-corrected chi connectivity index (χ1v) is 6.76. The van der Waals surface area contributed by atoms with Gasteiger partial charge in [0.05, 0.1) is 25.5 Å². The molecular formula is C16H16N2O3. The van der Waals surface area contributed by atoms with E-state index in [1.807, 2.05) is 28.8 Å². The van der Waals surface area contributed by atoms with Gasteiger partial charge in [-0.3, -0.25) is 9.79 Å². The average molecular weight is 284 g/mol. The van der Waals surface area contributed by atoms with Crippen LogP contribution in [0.4, 0.5) is 0 Å². The number of rotatable bonds is 4. The molecule has 2 aromatic rings. The lowest BCUT2D eigenvalue weighted by atomic mass is 10.2. The molecule has 0 spiro atoms. The maximum atomic E-state index is 12.0. The summed E-state index contributed by atoms with van der Waals surface area (Å²) < 4.78 is 12.7. The van der Waals surface area contributed by atoms with Crippen molar-refractivity contribution in [2.45, 2.75) is 13.2 Å². The zero-order valence-electron chi connectivity index (χ0n) is 11.8. The van der Waals surface area contributed by atoms with E-state index in [0.717, 1.165) is 30.1 Å². The molecule has 108 valence electrons. The molecule has 1 aliphatic heterocycles. The van der Waals surface area contributed by atoms with Gasteiger partial charge in [0.15, 0.2) is 5.75 Å². The summed E-state index contributed by atoms with van der Waals surface area (Å²) in [6.07, 6.45) is 3.48. The smallest absolute Gasteiger partial charge is 0.224 e. The van der Waals surface area contributed by atoms with Crippen molar-refractivity contribution in [3.8, 4) is 11.5 Å². The fourth-order valence-corrected chi connectivity index (χ4v) is 2.19. The molecule has 3 rings (SSSR count). The predicted molar refractivity (Wildman–Crippen MR) is 80.5 cm³/mol. The van der Waals surface area contributed by atoms with Crippen molar-refractivity contribution in [1.29, 1.82) is 0 Å². The van der Waals surface area contributed by atoms with Crippen LogP contribution in [0.2, 0.25) is 0 Å². The number of nitrogens with zero attached hydrogens (tertiary/aromatic N) is 2. The molecule has 0 radical (unpaired) electrons. The molecule has 1 aromatic carbocycles. The minimum absolute atomic E-state index is 0.122. The Morgan fingerprint density at radius 1 is 1.29 bits per heavy atom. The molecule has 0 saturated carbocycles. The summed E-state index contributed by atoms with van der Waals surface area (Å²) >= 11 is 0. The summed E-state index contributed by atoms with van der Waals surface area (Å²) in [4.78, 5) is 16.2. The molecule has 5 heteroatoms. The van der Waals surface area contributed by atoms with E-state index in [9.17, 15) is 4.79 Å². The Hall–Kier alpha value is -2.56. The third kappa shape index (κ3) is 2.97. The molecule has 1 aromatic heterocycles. The van der Waals surface area contributed by atoms with Gasteiger partial charge >= 0.3 is 0 Å². The highest BCUT2D eigenvalue weighted by Gasteiger charge is 2.09. The highest BCUT2D eigenvalue weighted by molar-refractivity contribution is 5.78. The average Bonchev–Trinajstić information content (AvgIpc) is 2.53. The third-order valence-corrected chi connectivity index (χ3v) is 3.37. The van der Waals surface area contributed by atoms with Crippen LogP contribution in [-0.4, -0.2) is 24.4 Å². The molecule has 21 heavy (non-hydrogen) atoms. The van der Waals surface area contributed by atoms with E-state index >= 15 is 0 Å². The molecule has 2 heterocycles. The van der Waals surface area contributed by atoms with Gasteiger partial charge in [0, 0.05) is 18.8 Å². The van der Waals surface area contributed by atoms with Gasteiger partial charge in [0.2, 0.25) is 5.43 Å². The van der Waals surface area contributed by atoms with Crippen LogP contribution in [0.15, 0.2) is 46.3 Å². The molecule has 0 saturated heterocycles. The van der Waals surface area contributed by atoms with Crippen molar-refractivity contribution in [2.24, 2.45) is 4.99 Å². The van der Waals surface area contributed by atoms with E-state index in [1.165, 1.54) is 0 Å². The van der Waals surface area contributed by atoms with Gasteiger partial charge in [-0.1, -0.05) is 12.1 Å². The quantitative estimate of drug-likeness (QED) is 0.861. The largest absolute Gasteiger partial charge is 0.497 e. The van der Waals surface area contributed by atoms with Crippen molar-refractivity contribution >= 4 is 6.21 Å². The number of hydrogen-bond donors (Lipinski definition) is 0. The summed E-state index contributed by atoms with van der Waals surface area (Å²) in [5, 5.41) is 0. The standard InChI is InChI=1S/C16H16N2O3/c1-20-14-4-2-12(3-5-14)11-21-16-10-18-7-6-17-9-13(18)8-15(16)19/h2-5,8-10H,6-7,11H2,1H3. The Labute approximate surface area is 122 Å². The number of fused-ring (bicyclic) bond motifs is 1. The number of methoxy groups -OCH3 is 1. The highest BCUT2D eigenvalue weighted by Crippen LogP contribution is 2.14. The zero-order chi connectivity index (χ0) is 14.7. The summed E-state index contributed by atoms with van der Waals surface area (Å²) in [6.45, 7) is 1.85. The molecule has 0 N–H and O–H groups in total. The number of hydrogen-bond acceptors (Lipinski definition) is 4. The molecule has 1 aliphatic rings. The fourth-order valence-electron chi connectivity index (χ4n) is 2.19. The van der Waals surface area contributed by atoms with E-state index in [4.69, 9.17) is 9.47 Å². The number of aromatic nitrogens is 1. The molecule has 0 bridgehead atoms. The van der Waals surface area contributed by atoms with Crippen LogP contribution in [0.25, 0.3) is 0 Å². The van der Waals surface area contributed by atoms with Crippen LogP contribution >= 0.6 is 0 Å². The lowest BCUT2D eigenvalue weighted by molar-refractivity contribution is 0.299. The normalized spacial score (nSPS) is 12.8. The highest BCUT2D eigenvalue weighted by atomic mass is 16.5. The topological polar surface area (TPSA) is 52.8 Å². The Morgan fingerprint density at radius 2 is 2.10 bits per heavy atom. The second-order valence-electron chi connectivity index (χ2n) is 4.79. The minimum Gasteiger partial charge on any atom is -0.497 e.